The van der Waals surface area contributed by atoms with Crippen molar-refractivity contribution >= 4 is 23.8 Å². The molecule has 0 atom stereocenters. The van der Waals surface area contributed by atoms with Crippen LogP contribution >= 0.6 is 0 Å². The number of esters is 2. The van der Waals surface area contributed by atoms with Gasteiger partial charge in [-0.05, 0) is 87.8 Å². The van der Waals surface area contributed by atoms with Crippen LogP contribution in [0, 0.1) is 0 Å². The van der Waals surface area contributed by atoms with E-state index in [2.05, 4.69) is 18.2 Å². The first kappa shape index (κ1) is 31.1. The second kappa shape index (κ2) is 19.1. The number of hydrogen-bond acceptors (Lipinski definition) is 8. The zero-order chi connectivity index (χ0) is 28.1. The number of hydrogen-bond donors (Lipinski definition) is 1. The maximum Gasteiger partial charge on any atom is 0.330 e. The van der Waals surface area contributed by atoms with E-state index in [0.717, 1.165) is 68.9 Å². The summed E-state index contributed by atoms with van der Waals surface area (Å²) in [5.41, 5.74) is 1.34. The van der Waals surface area contributed by atoms with Crippen molar-refractivity contribution in [1.82, 2.24) is 0 Å². The van der Waals surface area contributed by atoms with Crippen LogP contribution in [0.5, 0.6) is 17.2 Å². The van der Waals surface area contributed by atoms with Crippen molar-refractivity contribution in [2.24, 2.45) is 4.99 Å². The van der Waals surface area contributed by atoms with Gasteiger partial charge in [0.25, 0.3) is 0 Å². The zero-order valence-corrected chi connectivity index (χ0v) is 22.5. The van der Waals surface area contributed by atoms with Gasteiger partial charge in [-0.1, -0.05) is 13.2 Å². The minimum atomic E-state index is -0.392. The first-order valence-corrected chi connectivity index (χ1v) is 13.3. The number of benzene rings is 2. The van der Waals surface area contributed by atoms with E-state index in [9.17, 15) is 14.7 Å². The monoisotopic (exact) mass is 537 g/mol. The summed E-state index contributed by atoms with van der Waals surface area (Å²) >= 11 is 0. The van der Waals surface area contributed by atoms with Crippen LogP contribution < -0.4 is 9.47 Å². The molecule has 0 fully saturated rings. The largest absolute Gasteiger partial charge is 0.507 e. The molecule has 39 heavy (non-hydrogen) atoms. The molecule has 0 saturated heterocycles. The highest BCUT2D eigenvalue weighted by Crippen LogP contribution is 2.24. The number of carbonyl (C=O) groups is 2. The molecule has 2 aromatic carbocycles. The lowest BCUT2D eigenvalue weighted by atomic mass is 10.2. The van der Waals surface area contributed by atoms with E-state index in [1.54, 1.807) is 24.4 Å². The number of phenols is 1. The second-order valence-corrected chi connectivity index (χ2v) is 8.74. The Bertz CT molecular complexity index is 1060. The van der Waals surface area contributed by atoms with Gasteiger partial charge in [0.15, 0.2) is 0 Å². The molecule has 8 nitrogen and oxygen atoms in total. The fourth-order valence-corrected chi connectivity index (χ4v) is 3.45. The normalized spacial score (nSPS) is 10.7. The number of unbranched alkanes of at least 4 members (excludes halogenated alkanes) is 6. The molecule has 0 saturated carbocycles. The van der Waals surface area contributed by atoms with E-state index in [0.29, 0.717) is 37.7 Å². The molecule has 0 spiro atoms. The molecule has 0 bridgehead atoms. The average Bonchev–Trinajstić information content (AvgIpc) is 2.95. The van der Waals surface area contributed by atoms with Gasteiger partial charge in [0.05, 0.1) is 32.1 Å². The highest BCUT2D eigenvalue weighted by atomic mass is 16.5. The molecule has 8 heteroatoms. The second-order valence-electron chi connectivity index (χ2n) is 8.74. The SMILES string of the molecule is C=CC(=O)OCCCCCCOc1ccc(N=Cc2ccc(OCCCCCCOC(=O)C=C)cc2O)cc1. The number of rotatable bonds is 20. The summed E-state index contributed by atoms with van der Waals surface area (Å²) in [4.78, 5) is 26.4. The van der Waals surface area contributed by atoms with Crippen molar-refractivity contribution < 1.29 is 33.6 Å². The molecule has 0 unspecified atom stereocenters. The molecule has 1 N–H and O–H groups in total. The Morgan fingerprint density at radius 1 is 0.692 bits per heavy atom. The molecule has 0 heterocycles. The molecule has 2 aromatic rings. The van der Waals surface area contributed by atoms with Crippen molar-refractivity contribution in [3.63, 3.8) is 0 Å². The van der Waals surface area contributed by atoms with Crippen molar-refractivity contribution in [2.75, 3.05) is 26.4 Å². The van der Waals surface area contributed by atoms with Crippen molar-refractivity contribution in [2.45, 2.75) is 51.4 Å². The van der Waals surface area contributed by atoms with Crippen LogP contribution in [0.15, 0.2) is 72.8 Å². The third-order valence-electron chi connectivity index (χ3n) is 5.63. The molecular weight excluding hydrogens is 498 g/mol. The van der Waals surface area contributed by atoms with E-state index < -0.39 is 5.97 Å². The molecule has 0 aliphatic carbocycles. The number of carbonyl (C=O) groups excluding carboxylic acids is 2. The van der Waals surface area contributed by atoms with Gasteiger partial charge in [-0.25, -0.2) is 9.59 Å². The topological polar surface area (TPSA) is 104 Å². The maximum atomic E-state index is 11.0. The summed E-state index contributed by atoms with van der Waals surface area (Å²) in [6.45, 7) is 8.71. The van der Waals surface area contributed by atoms with Gasteiger partial charge in [-0.3, -0.25) is 4.99 Å². The maximum absolute atomic E-state index is 11.0. The summed E-state index contributed by atoms with van der Waals surface area (Å²) in [6, 6.07) is 12.6. The van der Waals surface area contributed by atoms with Gasteiger partial charge in [0, 0.05) is 30.0 Å². The van der Waals surface area contributed by atoms with Gasteiger partial charge in [0.2, 0.25) is 0 Å². The summed E-state index contributed by atoms with van der Waals surface area (Å²) in [7, 11) is 0. The van der Waals surface area contributed by atoms with Crippen molar-refractivity contribution in [3.8, 4) is 17.2 Å². The number of ether oxygens (including phenoxy) is 4. The highest BCUT2D eigenvalue weighted by molar-refractivity contribution is 5.85. The molecule has 0 aromatic heterocycles. The first-order valence-electron chi connectivity index (χ1n) is 13.3. The van der Waals surface area contributed by atoms with Crippen LogP contribution in [0.25, 0.3) is 0 Å². The van der Waals surface area contributed by atoms with E-state index in [4.69, 9.17) is 18.9 Å². The third kappa shape index (κ3) is 13.9. The molecule has 210 valence electrons. The molecule has 0 aliphatic heterocycles. The van der Waals surface area contributed by atoms with Crippen LogP contribution in [0.2, 0.25) is 0 Å². The summed E-state index contributed by atoms with van der Waals surface area (Å²) in [5, 5.41) is 10.3. The first-order chi connectivity index (χ1) is 19.0. The molecule has 2 rings (SSSR count). The Hall–Kier alpha value is -4.07. The number of aliphatic imine (C=N–C) groups is 1. The summed E-state index contributed by atoms with van der Waals surface area (Å²) in [5.74, 6) is 0.695. The van der Waals surface area contributed by atoms with E-state index in [1.165, 1.54) is 6.08 Å². The summed E-state index contributed by atoms with van der Waals surface area (Å²) in [6.07, 6.45) is 11.2. The predicted molar refractivity (Wildman–Crippen MR) is 152 cm³/mol. The Morgan fingerprint density at radius 2 is 1.18 bits per heavy atom. The molecular formula is C31H39NO7. The average molecular weight is 538 g/mol. The minimum Gasteiger partial charge on any atom is -0.507 e. The fourth-order valence-electron chi connectivity index (χ4n) is 3.45. The van der Waals surface area contributed by atoms with Crippen molar-refractivity contribution in [3.05, 3.63) is 73.3 Å². The van der Waals surface area contributed by atoms with Crippen LogP contribution in [0.4, 0.5) is 5.69 Å². The lowest BCUT2D eigenvalue weighted by molar-refractivity contribution is -0.138. The van der Waals surface area contributed by atoms with Gasteiger partial charge in [-0.15, -0.1) is 0 Å². The molecule has 0 aliphatic rings. The smallest absolute Gasteiger partial charge is 0.330 e. The number of phenolic OH excluding ortho intramolecular Hbond substituents is 1. The Labute approximate surface area is 231 Å². The Balaban J connectivity index is 1.62. The van der Waals surface area contributed by atoms with Crippen LogP contribution in [0.3, 0.4) is 0 Å². The lowest BCUT2D eigenvalue weighted by Crippen LogP contribution is -2.02. The third-order valence-corrected chi connectivity index (χ3v) is 5.63. The van der Waals surface area contributed by atoms with Gasteiger partial charge >= 0.3 is 11.9 Å². The van der Waals surface area contributed by atoms with E-state index in [1.807, 2.05) is 24.3 Å². The van der Waals surface area contributed by atoms with Crippen LogP contribution in [-0.4, -0.2) is 49.7 Å². The number of aromatic hydroxyl groups is 1. The van der Waals surface area contributed by atoms with Crippen LogP contribution in [0.1, 0.15) is 56.9 Å². The van der Waals surface area contributed by atoms with E-state index >= 15 is 0 Å². The summed E-state index contributed by atoms with van der Waals surface area (Å²) < 4.78 is 21.4. The predicted octanol–water partition coefficient (Wildman–Crippen LogP) is 6.48. The highest BCUT2D eigenvalue weighted by Gasteiger charge is 2.03. The van der Waals surface area contributed by atoms with Gasteiger partial charge in [0.1, 0.15) is 17.2 Å². The Morgan fingerprint density at radius 3 is 1.69 bits per heavy atom. The standard InChI is InChI=1S/C31H39NO7/c1-3-30(34)38-21-11-7-5-9-19-36-27-17-14-26(15-18-27)32-24-25-13-16-28(23-29(25)33)37-20-10-6-8-12-22-39-31(35)4-2/h3-4,13-18,23-24,33H,1-2,5-12,19-22H2. The van der Waals surface area contributed by atoms with E-state index in [-0.39, 0.29) is 11.7 Å². The fraction of sp³-hybridized carbons (Fsp3) is 0.387. The molecule has 0 amide bonds. The zero-order valence-electron chi connectivity index (χ0n) is 22.5. The van der Waals surface area contributed by atoms with Gasteiger partial charge in [-0.2, -0.15) is 0 Å². The quantitative estimate of drug-likeness (QED) is 0.0892. The lowest BCUT2D eigenvalue weighted by Gasteiger charge is -2.08. The van der Waals surface area contributed by atoms with Gasteiger partial charge < -0.3 is 24.1 Å². The minimum absolute atomic E-state index is 0.0964. The van der Waals surface area contributed by atoms with Crippen molar-refractivity contribution in [1.29, 1.82) is 0 Å². The Kier molecular flexibility index (Phi) is 15.2. The number of nitrogens with zero attached hydrogens (tertiary/aromatic N) is 1. The van der Waals surface area contributed by atoms with Crippen LogP contribution in [-0.2, 0) is 19.1 Å². The molecule has 0 radical (unpaired) electrons.